The molecule has 3 N–H and O–H groups in total. The van der Waals surface area contributed by atoms with E-state index < -0.39 is 11.0 Å². The van der Waals surface area contributed by atoms with Crippen LogP contribution < -0.4 is 5.32 Å². The van der Waals surface area contributed by atoms with E-state index in [-0.39, 0.29) is 18.8 Å². The maximum Gasteiger partial charge on any atom is 0.293 e. The number of benzene rings is 1. The second-order valence-electron chi connectivity index (χ2n) is 3.36. The van der Waals surface area contributed by atoms with Crippen molar-refractivity contribution in [3.8, 4) is 0 Å². The number of nitro groups is 1. The van der Waals surface area contributed by atoms with Crippen molar-refractivity contribution < 1.29 is 15.1 Å². The molecular weight excluding hydrogens is 244 g/mol. The van der Waals surface area contributed by atoms with E-state index in [0.717, 1.165) is 4.90 Å². The molecule has 0 aliphatic rings. The van der Waals surface area contributed by atoms with Crippen LogP contribution in [0.4, 0.5) is 11.4 Å². The summed E-state index contributed by atoms with van der Waals surface area (Å²) >= 11 is 1.42. The van der Waals surface area contributed by atoms with Gasteiger partial charge in [0.2, 0.25) is 0 Å². The first-order valence-corrected chi connectivity index (χ1v) is 6.16. The number of nitro benzene ring substituents is 1. The van der Waals surface area contributed by atoms with Crippen molar-refractivity contribution in [1.82, 2.24) is 0 Å². The average molecular weight is 258 g/mol. The van der Waals surface area contributed by atoms with E-state index in [1.807, 2.05) is 6.26 Å². The lowest BCUT2D eigenvalue weighted by Crippen LogP contribution is -2.23. The lowest BCUT2D eigenvalue weighted by molar-refractivity contribution is -0.384. The topological polar surface area (TPSA) is 95.6 Å². The molecule has 1 aromatic carbocycles. The molecule has 0 radical (unpaired) electrons. The number of rotatable bonds is 6. The molecule has 1 aromatic rings. The summed E-state index contributed by atoms with van der Waals surface area (Å²) in [6, 6.07) is 4.82. The van der Waals surface area contributed by atoms with E-state index in [0.29, 0.717) is 5.69 Å². The number of hydrogen-bond acceptors (Lipinski definition) is 6. The Hall–Kier alpha value is -1.31. The monoisotopic (exact) mass is 258 g/mol. The van der Waals surface area contributed by atoms with Crippen LogP contribution in [-0.4, -0.2) is 40.6 Å². The Labute approximate surface area is 103 Å². The third-order valence-electron chi connectivity index (χ3n) is 2.14. The molecule has 1 unspecified atom stereocenters. The third-order valence-corrected chi connectivity index (χ3v) is 2.87. The van der Waals surface area contributed by atoms with E-state index in [1.54, 1.807) is 12.1 Å². The van der Waals surface area contributed by atoms with Gasteiger partial charge in [0.1, 0.15) is 5.69 Å². The number of aliphatic hydroxyl groups is 2. The molecule has 17 heavy (non-hydrogen) atoms. The molecule has 94 valence electrons. The maximum atomic E-state index is 10.8. The molecule has 0 saturated heterocycles. The minimum absolute atomic E-state index is 0.0398. The Morgan fingerprint density at radius 2 is 2.29 bits per heavy atom. The average Bonchev–Trinajstić information content (AvgIpc) is 2.35. The van der Waals surface area contributed by atoms with Crippen LogP contribution >= 0.6 is 11.8 Å². The summed E-state index contributed by atoms with van der Waals surface area (Å²) in [7, 11) is 0. The zero-order valence-corrected chi connectivity index (χ0v) is 10.1. The number of aliphatic hydroxyl groups excluding tert-OH is 2. The van der Waals surface area contributed by atoms with Gasteiger partial charge in [0.25, 0.3) is 5.69 Å². The van der Waals surface area contributed by atoms with Gasteiger partial charge in [-0.05, 0) is 18.4 Å². The number of nitrogens with zero attached hydrogens (tertiary/aromatic N) is 1. The van der Waals surface area contributed by atoms with E-state index in [4.69, 9.17) is 10.2 Å². The van der Waals surface area contributed by atoms with E-state index in [1.165, 1.54) is 17.8 Å². The third kappa shape index (κ3) is 3.88. The van der Waals surface area contributed by atoms with Crippen LogP contribution in [0.25, 0.3) is 0 Å². The van der Waals surface area contributed by atoms with Gasteiger partial charge in [0.15, 0.2) is 0 Å². The highest BCUT2D eigenvalue weighted by Crippen LogP contribution is 2.29. The first-order chi connectivity index (χ1) is 8.08. The smallest absolute Gasteiger partial charge is 0.293 e. The quantitative estimate of drug-likeness (QED) is 0.401. The summed E-state index contributed by atoms with van der Waals surface area (Å²) in [5, 5.41) is 31.4. The summed E-state index contributed by atoms with van der Waals surface area (Å²) in [5.74, 6) is 0. The summed E-state index contributed by atoms with van der Waals surface area (Å²) in [6.45, 7) is -0.320. The summed E-state index contributed by atoms with van der Waals surface area (Å²) in [6.07, 6.45) is 0.900. The number of nitrogens with one attached hydrogen (secondary N) is 1. The van der Waals surface area contributed by atoms with Crippen LogP contribution in [0.2, 0.25) is 0 Å². The summed E-state index contributed by atoms with van der Waals surface area (Å²) in [5.41, 5.74) is 0.294. The predicted octanol–water partition coefficient (Wildman–Crippen LogP) is 1.08. The molecule has 0 heterocycles. The van der Waals surface area contributed by atoms with Gasteiger partial charge >= 0.3 is 0 Å². The Kier molecular flexibility index (Phi) is 5.20. The fraction of sp³-hybridized carbons (Fsp3) is 0.400. The predicted molar refractivity (Wildman–Crippen MR) is 66.5 cm³/mol. The van der Waals surface area contributed by atoms with Crippen molar-refractivity contribution in [2.24, 2.45) is 0 Å². The number of hydrogen-bond donors (Lipinski definition) is 3. The van der Waals surface area contributed by atoms with Crippen LogP contribution in [0.15, 0.2) is 23.1 Å². The van der Waals surface area contributed by atoms with Crippen molar-refractivity contribution in [1.29, 1.82) is 0 Å². The molecule has 1 rings (SSSR count). The minimum Gasteiger partial charge on any atom is -0.394 e. The van der Waals surface area contributed by atoms with E-state index in [9.17, 15) is 10.1 Å². The van der Waals surface area contributed by atoms with Gasteiger partial charge in [-0.2, -0.15) is 0 Å². The van der Waals surface area contributed by atoms with Gasteiger partial charge in [-0.25, -0.2) is 0 Å². The first kappa shape index (κ1) is 13.8. The van der Waals surface area contributed by atoms with E-state index in [2.05, 4.69) is 5.32 Å². The van der Waals surface area contributed by atoms with Crippen LogP contribution in [0.1, 0.15) is 0 Å². The molecule has 0 aliphatic carbocycles. The Morgan fingerprint density at radius 3 is 2.82 bits per heavy atom. The fourth-order valence-electron chi connectivity index (χ4n) is 1.23. The molecule has 0 aromatic heterocycles. The zero-order chi connectivity index (χ0) is 12.8. The van der Waals surface area contributed by atoms with Crippen molar-refractivity contribution in [3.05, 3.63) is 28.3 Å². The molecular formula is C10H14N2O4S. The van der Waals surface area contributed by atoms with Crippen LogP contribution in [-0.2, 0) is 0 Å². The SMILES string of the molecule is CSc1ccc(NCC(O)CO)c([N+](=O)[O-])c1. The van der Waals surface area contributed by atoms with Gasteiger partial charge in [0, 0.05) is 17.5 Å². The van der Waals surface area contributed by atoms with Gasteiger partial charge in [-0.15, -0.1) is 11.8 Å². The van der Waals surface area contributed by atoms with Crippen LogP contribution in [0.5, 0.6) is 0 Å². The molecule has 0 amide bonds. The summed E-state index contributed by atoms with van der Waals surface area (Å²) in [4.78, 5) is 11.2. The van der Waals surface area contributed by atoms with Crippen molar-refractivity contribution >= 4 is 23.1 Å². The standard InChI is InChI=1S/C10H14N2O4S/c1-17-8-2-3-9(10(4-8)12(15)16)11-5-7(14)6-13/h2-4,7,11,13-14H,5-6H2,1H3. The van der Waals surface area contributed by atoms with Gasteiger partial charge in [-0.3, -0.25) is 10.1 Å². The van der Waals surface area contributed by atoms with Crippen molar-refractivity contribution in [2.75, 3.05) is 24.7 Å². The van der Waals surface area contributed by atoms with Gasteiger partial charge in [-0.1, -0.05) is 0 Å². The van der Waals surface area contributed by atoms with E-state index >= 15 is 0 Å². The molecule has 0 fully saturated rings. The lowest BCUT2D eigenvalue weighted by atomic mass is 10.2. The van der Waals surface area contributed by atoms with Crippen molar-refractivity contribution in [3.63, 3.8) is 0 Å². The van der Waals surface area contributed by atoms with Gasteiger partial charge in [0.05, 0.1) is 17.6 Å². The minimum atomic E-state index is -0.935. The molecule has 6 nitrogen and oxygen atoms in total. The molecule has 7 heteroatoms. The highest BCUT2D eigenvalue weighted by atomic mass is 32.2. The van der Waals surface area contributed by atoms with Crippen LogP contribution in [0, 0.1) is 10.1 Å². The second kappa shape index (κ2) is 6.43. The zero-order valence-electron chi connectivity index (χ0n) is 9.29. The molecule has 0 aliphatic heterocycles. The highest BCUT2D eigenvalue weighted by molar-refractivity contribution is 7.98. The Balaban J connectivity index is 2.87. The van der Waals surface area contributed by atoms with Crippen molar-refractivity contribution in [2.45, 2.75) is 11.0 Å². The Morgan fingerprint density at radius 1 is 1.59 bits per heavy atom. The largest absolute Gasteiger partial charge is 0.394 e. The summed E-state index contributed by atoms with van der Waals surface area (Å²) < 4.78 is 0. The maximum absolute atomic E-state index is 10.8. The first-order valence-electron chi connectivity index (χ1n) is 4.93. The molecule has 1 atom stereocenters. The number of thioether (sulfide) groups is 1. The lowest BCUT2D eigenvalue weighted by Gasteiger charge is -2.10. The van der Waals surface area contributed by atoms with Crippen LogP contribution in [0.3, 0.4) is 0 Å². The molecule has 0 bridgehead atoms. The normalized spacial score (nSPS) is 12.2. The highest BCUT2D eigenvalue weighted by Gasteiger charge is 2.15. The number of anilines is 1. The molecule has 0 saturated carbocycles. The van der Waals surface area contributed by atoms with Gasteiger partial charge < -0.3 is 15.5 Å². The fourth-order valence-corrected chi connectivity index (χ4v) is 1.66. The molecule has 0 spiro atoms. The second-order valence-corrected chi connectivity index (χ2v) is 4.24. The Bertz CT molecular complexity index is 400.